The van der Waals surface area contributed by atoms with E-state index in [1.54, 1.807) is 11.3 Å². The summed E-state index contributed by atoms with van der Waals surface area (Å²) in [5.74, 6) is 0.938. The Labute approximate surface area is 118 Å². The molecule has 5 heteroatoms. The van der Waals surface area contributed by atoms with Crippen LogP contribution in [0.3, 0.4) is 0 Å². The van der Waals surface area contributed by atoms with Crippen LogP contribution < -0.4 is 10.6 Å². The lowest BCUT2D eigenvalue weighted by Gasteiger charge is -2.14. The molecule has 0 aromatic carbocycles. The van der Waals surface area contributed by atoms with Gasteiger partial charge in [0.25, 0.3) is 0 Å². The second kappa shape index (κ2) is 7.50. The van der Waals surface area contributed by atoms with E-state index in [1.807, 2.05) is 0 Å². The second-order valence-electron chi connectivity index (χ2n) is 5.21. The molecule has 0 aliphatic carbocycles. The van der Waals surface area contributed by atoms with Gasteiger partial charge >= 0.3 is 6.03 Å². The van der Waals surface area contributed by atoms with Gasteiger partial charge in [-0.05, 0) is 30.2 Å². The zero-order chi connectivity index (χ0) is 13.5. The van der Waals surface area contributed by atoms with Gasteiger partial charge in [-0.25, -0.2) is 4.79 Å². The minimum absolute atomic E-state index is 0.0649. The van der Waals surface area contributed by atoms with Gasteiger partial charge in [0.1, 0.15) is 0 Å². The summed E-state index contributed by atoms with van der Waals surface area (Å²) >= 11 is 1.77. The van der Waals surface area contributed by atoms with Crippen LogP contribution in [0.1, 0.15) is 18.2 Å². The Morgan fingerprint density at radius 3 is 3.16 bits per heavy atom. The van der Waals surface area contributed by atoms with Crippen molar-refractivity contribution < 1.29 is 9.53 Å². The molecule has 0 bridgehead atoms. The number of nitrogens with one attached hydrogen (secondary N) is 2. The highest BCUT2D eigenvalue weighted by atomic mass is 32.1. The molecule has 1 saturated heterocycles. The number of urea groups is 1. The highest BCUT2D eigenvalue weighted by molar-refractivity contribution is 7.09. The van der Waals surface area contributed by atoms with Crippen molar-refractivity contribution in [3.8, 4) is 0 Å². The molecular formula is C14H22N2O2S. The van der Waals surface area contributed by atoms with Crippen LogP contribution in [0, 0.1) is 11.8 Å². The Kier molecular flexibility index (Phi) is 5.66. The van der Waals surface area contributed by atoms with E-state index in [9.17, 15) is 4.79 Å². The van der Waals surface area contributed by atoms with Gasteiger partial charge in [-0.2, -0.15) is 0 Å². The third-order valence-electron chi connectivity index (χ3n) is 3.32. The van der Waals surface area contributed by atoms with Crippen molar-refractivity contribution in [2.75, 3.05) is 26.3 Å². The van der Waals surface area contributed by atoms with E-state index < -0.39 is 0 Å². The van der Waals surface area contributed by atoms with Gasteiger partial charge < -0.3 is 15.4 Å². The predicted octanol–water partition coefficient (Wildman–Crippen LogP) is 2.26. The predicted molar refractivity (Wildman–Crippen MR) is 77.5 cm³/mol. The van der Waals surface area contributed by atoms with Crippen molar-refractivity contribution in [3.63, 3.8) is 0 Å². The minimum atomic E-state index is -0.0649. The Hall–Kier alpha value is -1.07. The van der Waals surface area contributed by atoms with Gasteiger partial charge in [-0.15, -0.1) is 11.3 Å². The lowest BCUT2D eigenvalue weighted by molar-refractivity contribution is 0.185. The maximum Gasteiger partial charge on any atom is 0.314 e. The first-order chi connectivity index (χ1) is 9.24. The molecule has 1 aliphatic rings. The number of hydrogen-bond donors (Lipinski definition) is 2. The zero-order valence-electron chi connectivity index (χ0n) is 11.4. The highest BCUT2D eigenvalue weighted by Gasteiger charge is 2.16. The summed E-state index contributed by atoms with van der Waals surface area (Å²) < 4.78 is 5.28. The molecule has 1 fully saturated rings. The first kappa shape index (κ1) is 14.3. The van der Waals surface area contributed by atoms with Gasteiger partial charge in [0.15, 0.2) is 0 Å². The smallest absolute Gasteiger partial charge is 0.314 e. The lowest BCUT2D eigenvalue weighted by Crippen LogP contribution is -2.40. The molecule has 2 N–H and O–H groups in total. The molecule has 19 heavy (non-hydrogen) atoms. The fraction of sp³-hybridized carbons (Fsp3) is 0.643. The minimum Gasteiger partial charge on any atom is -0.381 e. The highest BCUT2D eigenvalue weighted by Crippen LogP contribution is 2.13. The lowest BCUT2D eigenvalue weighted by atomic mass is 10.1. The third kappa shape index (κ3) is 5.20. The topological polar surface area (TPSA) is 50.4 Å². The molecular weight excluding hydrogens is 260 g/mol. The van der Waals surface area contributed by atoms with E-state index in [0.717, 1.165) is 26.1 Å². The van der Waals surface area contributed by atoms with Crippen LogP contribution in [0.25, 0.3) is 0 Å². The van der Waals surface area contributed by atoms with Crippen LogP contribution >= 0.6 is 11.3 Å². The van der Waals surface area contributed by atoms with E-state index in [2.05, 4.69) is 35.1 Å². The van der Waals surface area contributed by atoms with E-state index in [-0.39, 0.29) is 6.03 Å². The Balaban J connectivity index is 1.57. The molecule has 2 atom stereocenters. The third-order valence-corrected chi connectivity index (χ3v) is 4.21. The van der Waals surface area contributed by atoms with Gasteiger partial charge in [0.2, 0.25) is 0 Å². The number of rotatable bonds is 6. The van der Waals surface area contributed by atoms with Gasteiger partial charge in [-0.3, -0.25) is 0 Å². The Bertz CT molecular complexity index is 375. The van der Waals surface area contributed by atoms with Gasteiger partial charge in [0, 0.05) is 30.5 Å². The fourth-order valence-electron chi connectivity index (χ4n) is 2.16. The molecule has 2 amide bonds. The number of thiophene rings is 1. The molecule has 1 aromatic rings. The summed E-state index contributed by atoms with van der Waals surface area (Å²) in [4.78, 5) is 13.0. The van der Waals surface area contributed by atoms with Crippen LogP contribution in [-0.2, 0) is 11.2 Å². The van der Waals surface area contributed by atoms with E-state index in [4.69, 9.17) is 4.74 Å². The van der Waals surface area contributed by atoms with Crippen molar-refractivity contribution >= 4 is 17.4 Å². The maximum atomic E-state index is 11.6. The molecule has 4 nitrogen and oxygen atoms in total. The number of carbonyl (C=O) groups excluding carboxylic acids is 1. The average Bonchev–Trinajstić information content (AvgIpc) is 3.06. The van der Waals surface area contributed by atoms with E-state index in [0.29, 0.717) is 24.9 Å². The Morgan fingerprint density at radius 2 is 2.47 bits per heavy atom. The number of carbonyl (C=O) groups is 1. The molecule has 2 heterocycles. The quantitative estimate of drug-likeness (QED) is 0.841. The van der Waals surface area contributed by atoms with Crippen LogP contribution in [0.5, 0.6) is 0 Å². The van der Waals surface area contributed by atoms with Crippen molar-refractivity contribution in [2.45, 2.75) is 19.8 Å². The normalized spacial score (nSPS) is 20.2. The standard InChI is InChI=1S/C14H22N2O2S/c1-11(7-13-3-2-6-19-13)8-15-14(17)16-9-12-4-5-18-10-12/h2-3,6,11-12H,4-5,7-10H2,1H3,(H2,15,16,17)/t11-,12+/m1/s1. The molecule has 0 unspecified atom stereocenters. The average molecular weight is 282 g/mol. The summed E-state index contributed by atoms with van der Waals surface area (Å²) in [5, 5.41) is 7.93. The molecule has 106 valence electrons. The number of amides is 2. The molecule has 2 rings (SSSR count). The van der Waals surface area contributed by atoms with Crippen LogP contribution in [0.15, 0.2) is 17.5 Å². The van der Waals surface area contributed by atoms with E-state index >= 15 is 0 Å². The van der Waals surface area contributed by atoms with Crippen molar-refractivity contribution in [3.05, 3.63) is 22.4 Å². The Morgan fingerprint density at radius 1 is 1.58 bits per heavy atom. The summed E-state index contributed by atoms with van der Waals surface area (Å²) in [7, 11) is 0. The summed E-state index contributed by atoms with van der Waals surface area (Å²) in [6.07, 6.45) is 2.07. The molecule has 1 aliphatic heterocycles. The first-order valence-electron chi connectivity index (χ1n) is 6.86. The van der Waals surface area contributed by atoms with Crippen LogP contribution in [0.2, 0.25) is 0 Å². The fourth-order valence-corrected chi connectivity index (χ4v) is 3.02. The molecule has 0 saturated carbocycles. The number of ether oxygens (including phenoxy) is 1. The summed E-state index contributed by atoms with van der Waals surface area (Å²) in [5.41, 5.74) is 0. The van der Waals surface area contributed by atoms with Crippen LogP contribution in [0.4, 0.5) is 4.79 Å². The number of hydrogen-bond acceptors (Lipinski definition) is 3. The van der Waals surface area contributed by atoms with Crippen molar-refractivity contribution in [2.24, 2.45) is 11.8 Å². The zero-order valence-corrected chi connectivity index (χ0v) is 12.2. The first-order valence-corrected chi connectivity index (χ1v) is 7.74. The van der Waals surface area contributed by atoms with Crippen LogP contribution in [-0.4, -0.2) is 32.3 Å². The SMILES string of the molecule is C[C@@H](CNC(=O)NC[C@@H]1CCOC1)Cc1cccs1. The second-order valence-corrected chi connectivity index (χ2v) is 6.24. The summed E-state index contributed by atoms with van der Waals surface area (Å²) in [6, 6.07) is 4.14. The molecule has 0 radical (unpaired) electrons. The maximum absolute atomic E-state index is 11.6. The van der Waals surface area contributed by atoms with Crippen molar-refractivity contribution in [1.29, 1.82) is 0 Å². The van der Waals surface area contributed by atoms with Gasteiger partial charge in [0.05, 0.1) is 6.61 Å². The van der Waals surface area contributed by atoms with Crippen molar-refractivity contribution in [1.82, 2.24) is 10.6 Å². The molecule has 1 aromatic heterocycles. The van der Waals surface area contributed by atoms with E-state index in [1.165, 1.54) is 4.88 Å². The summed E-state index contributed by atoms with van der Waals surface area (Å²) in [6.45, 7) is 5.18. The van der Waals surface area contributed by atoms with Gasteiger partial charge in [-0.1, -0.05) is 13.0 Å². The largest absolute Gasteiger partial charge is 0.381 e. The monoisotopic (exact) mass is 282 g/mol. The molecule has 0 spiro atoms.